The summed E-state index contributed by atoms with van der Waals surface area (Å²) in [5, 5.41) is 3.84. The zero-order valence-electron chi connectivity index (χ0n) is 14.3. The van der Waals surface area contributed by atoms with Crippen LogP contribution in [0.25, 0.3) is 16.7 Å². The Kier molecular flexibility index (Phi) is 4.14. The lowest BCUT2D eigenvalue weighted by Crippen LogP contribution is -2.14. The number of nitrogens with one attached hydrogen (secondary N) is 1. The number of carbonyl (C=O) groups is 2. The van der Waals surface area contributed by atoms with E-state index in [9.17, 15) is 9.59 Å². The number of benzene rings is 2. The lowest BCUT2D eigenvalue weighted by molar-refractivity contribution is 0.0993. The monoisotopic (exact) mass is 356 g/mol. The standard InChI is InChI=1S/C21H16N4O2/c22-20(26)17-7-4-8-19(24-17)25-12-11-15-13-16(9-10-18(15)25)23-21(27)14-5-2-1-3-6-14/h1-13H,(H2,22,26)(H,23,27). The van der Waals surface area contributed by atoms with Crippen LogP contribution in [-0.2, 0) is 0 Å². The molecule has 2 aromatic carbocycles. The van der Waals surface area contributed by atoms with Gasteiger partial charge in [0.2, 0.25) is 0 Å². The quantitative estimate of drug-likeness (QED) is 0.587. The minimum Gasteiger partial charge on any atom is -0.364 e. The van der Waals surface area contributed by atoms with Crippen molar-refractivity contribution in [1.29, 1.82) is 0 Å². The first-order valence-corrected chi connectivity index (χ1v) is 8.36. The number of nitrogens with two attached hydrogens (primary N) is 1. The number of aromatic nitrogens is 2. The van der Waals surface area contributed by atoms with Gasteiger partial charge in [0.05, 0.1) is 5.52 Å². The van der Waals surface area contributed by atoms with Crippen LogP contribution < -0.4 is 11.1 Å². The van der Waals surface area contributed by atoms with Crippen LogP contribution >= 0.6 is 0 Å². The first kappa shape index (κ1) is 16.5. The zero-order valence-corrected chi connectivity index (χ0v) is 14.3. The first-order valence-electron chi connectivity index (χ1n) is 8.36. The van der Waals surface area contributed by atoms with Crippen LogP contribution in [0, 0.1) is 0 Å². The van der Waals surface area contributed by atoms with E-state index < -0.39 is 5.91 Å². The summed E-state index contributed by atoms with van der Waals surface area (Å²) < 4.78 is 1.87. The van der Waals surface area contributed by atoms with E-state index in [-0.39, 0.29) is 11.6 Å². The summed E-state index contributed by atoms with van der Waals surface area (Å²) in [6.07, 6.45) is 1.86. The lowest BCUT2D eigenvalue weighted by Gasteiger charge is -2.08. The predicted octanol–water partition coefficient (Wildman–Crippen LogP) is 3.38. The molecule has 0 spiro atoms. The molecule has 0 saturated heterocycles. The number of rotatable bonds is 4. The van der Waals surface area contributed by atoms with Crippen molar-refractivity contribution in [2.75, 3.05) is 5.32 Å². The van der Waals surface area contributed by atoms with E-state index in [4.69, 9.17) is 5.73 Å². The summed E-state index contributed by atoms with van der Waals surface area (Å²) in [5.74, 6) is -0.133. The van der Waals surface area contributed by atoms with Gasteiger partial charge < -0.3 is 15.6 Å². The highest BCUT2D eigenvalue weighted by atomic mass is 16.2. The second kappa shape index (κ2) is 6.76. The van der Waals surface area contributed by atoms with Gasteiger partial charge in [0, 0.05) is 22.8 Å². The molecule has 6 nitrogen and oxygen atoms in total. The summed E-state index contributed by atoms with van der Waals surface area (Å²) >= 11 is 0. The molecule has 0 aliphatic rings. The van der Waals surface area contributed by atoms with Gasteiger partial charge in [-0.2, -0.15) is 0 Å². The molecule has 6 heteroatoms. The second-order valence-corrected chi connectivity index (χ2v) is 6.02. The number of amides is 2. The number of primary amides is 1. The first-order chi connectivity index (χ1) is 13.1. The van der Waals surface area contributed by atoms with Crippen molar-refractivity contribution in [3.8, 4) is 5.82 Å². The lowest BCUT2D eigenvalue weighted by atomic mass is 10.2. The minimum absolute atomic E-state index is 0.162. The number of hydrogen-bond donors (Lipinski definition) is 2. The molecule has 2 amide bonds. The van der Waals surface area contributed by atoms with Crippen molar-refractivity contribution in [1.82, 2.24) is 9.55 Å². The van der Waals surface area contributed by atoms with Crippen molar-refractivity contribution >= 4 is 28.4 Å². The van der Waals surface area contributed by atoms with Gasteiger partial charge in [-0.15, -0.1) is 0 Å². The van der Waals surface area contributed by atoms with E-state index in [0.29, 0.717) is 17.1 Å². The van der Waals surface area contributed by atoms with Gasteiger partial charge in [-0.05, 0) is 48.5 Å². The van der Waals surface area contributed by atoms with Crippen LogP contribution in [0.5, 0.6) is 0 Å². The normalized spacial score (nSPS) is 10.7. The van der Waals surface area contributed by atoms with Gasteiger partial charge in [0.25, 0.3) is 11.8 Å². The second-order valence-electron chi connectivity index (χ2n) is 6.02. The minimum atomic E-state index is -0.570. The third-order valence-electron chi connectivity index (χ3n) is 4.22. The highest BCUT2D eigenvalue weighted by Gasteiger charge is 2.10. The van der Waals surface area contributed by atoms with Gasteiger partial charge in [-0.3, -0.25) is 9.59 Å². The summed E-state index contributed by atoms with van der Waals surface area (Å²) in [5.41, 5.74) is 7.73. The number of fused-ring (bicyclic) bond motifs is 1. The van der Waals surface area contributed by atoms with E-state index in [1.807, 2.05) is 53.2 Å². The predicted molar refractivity (Wildman–Crippen MR) is 104 cm³/mol. The average Bonchev–Trinajstić information content (AvgIpc) is 3.12. The van der Waals surface area contributed by atoms with Gasteiger partial charge in [0.15, 0.2) is 0 Å². The number of hydrogen-bond acceptors (Lipinski definition) is 3. The average molecular weight is 356 g/mol. The van der Waals surface area contributed by atoms with Crippen LogP contribution in [0.1, 0.15) is 20.8 Å². The molecule has 3 N–H and O–H groups in total. The highest BCUT2D eigenvalue weighted by molar-refractivity contribution is 6.05. The smallest absolute Gasteiger partial charge is 0.267 e. The molecule has 0 atom stereocenters. The van der Waals surface area contributed by atoms with Crippen LogP contribution in [0.2, 0.25) is 0 Å². The van der Waals surface area contributed by atoms with E-state index in [2.05, 4.69) is 10.3 Å². The van der Waals surface area contributed by atoms with Crippen molar-refractivity contribution in [3.05, 3.63) is 90.3 Å². The molecule has 2 aromatic heterocycles. The maximum Gasteiger partial charge on any atom is 0.267 e. The number of carbonyl (C=O) groups excluding carboxylic acids is 2. The maximum atomic E-state index is 12.3. The highest BCUT2D eigenvalue weighted by Crippen LogP contribution is 2.23. The maximum absolute atomic E-state index is 12.3. The molecule has 2 heterocycles. The van der Waals surface area contributed by atoms with Gasteiger partial charge in [0.1, 0.15) is 11.5 Å². The van der Waals surface area contributed by atoms with Crippen LogP contribution in [0.15, 0.2) is 79.0 Å². The van der Waals surface area contributed by atoms with Gasteiger partial charge in [-0.25, -0.2) is 4.98 Å². The number of nitrogens with zero attached hydrogens (tertiary/aromatic N) is 2. The van der Waals surface area contributed by atoms with E-state index in [0.717, 1.165) is 10.9 Å². The molecule has 0 aliphatic carbocycles. The molecular weight excluding hydrogens is 340 g/mol. The third-order valence-corrected chi connectivity index (χ3v) is 4.22. The van der Waals surface area contributed by atoms with Crippen LogP contribution in [0.3, 0.4) is 0 Å². The van der Waals surface area contributed by atoms with Crippen molar-refractivity contribution in [2.45, 2.75) is 0 Å². The van der Waals surface area contributed by atoms with Gasteiger partial charge in [-0.1, -0.05) is 24.3 Å². The van der Waals surface area contributed by atoms with Crippen molar-refractivity contribution in [3.63, 3.8) is 0 Å². The Morgan fingerprint density at radius 3 is 2.52 bits per heavy atom. The Morgan fingerprint density at radius 2 is 1.74 bits per heavy atom. The molecular formula is C21H16N4O2. The molecule has 0 unspecified atom stereocenters. The summed E-state index contributed by atoms with van der Waals surface area (Å²) in [6, 6.07) is 21.7. The Hall–Kier alpha value is -3.93. The molecule has 0 radical (unpaired) electrons. The van der Waals surface area contributed by atoms with Gasteiger partial charge >= 0.3 is 0 Å². The molecule has 0 fully saturated rings. The summed E-state index contributed by atoms with van der Waals surface area (Å²) in [6.45, 7) is 0. The Balaban J connectivity index is 1.65. The Bertz CT molecular complexity index is 1150. The van der Waals surface area contributed by atoms with E-state index in [1.54, 1.807) is 30.3 Å². The third kappa shape index (κ3) is 3.28. The van der Waals surface area contributed by atoms with E-state index >= 15 is 0 Å². The molecule has 27 heavy (non-hydrogen) atoms. The SMILES string of the molecule is NC(=O)c1cccc(-n2ccc3cc(NC(=O)c4ccccc4)ccc32)n1. The Labute approximate surface area is 155 Å². The number of anilines is 1. The molecule has 4 aromatic rings. The Morgan fingerprint density at radius 1 is 0.926 bits per heavy atom. The molecule has 0 aliphatic heterocycles. The topological polar surface area (TPSA) is 90.0 Å². The van der Waals surface area contributed by atoms with Crippen LogP contribution in [-0.4, -0.2) is 21.4 Å². The van der Waals surface area contributed by atoms with Crippen molar-refractivity contribution < 1.29 is 9.59 Å². The van der Waals surface area contributed by atoms with E-state index in [1.165, 1.54) is 0 Å². The van der Waals surface area contributed by atoms with Crippen molar-refractivity contribution in [2.24, 2.45) is 5.73 Å². The zero-order chi connectivity index (χ0) is 18.8. The fourth-order valence-electron chi connectivity index (χ4n) is 2.91. The number of pyridine rings is 1. The molecule has 0 bridgehead atoms. The largest absolute Gasteiger partial charge is 0.364 e. The molecule has 0 saturated carbocycles. The summed E-state index contributed by atoms with van der Waals surface area (Å²) in [4.78, 5) is 28.0. The fraction of sp³-hybridized carbons (Fsp3) is 0. The van der Waals surface area contributed by atoms with Crippen LogP contribution in [0.4, 0.5) is 5.69 Å². The fourth-order valence-corrected chi connectivity index (χ4v) is 2.91. The molecule has 4 rings (SSSR count). The summed E-state index contributed by atoms with van der Waals surface area (Å²) in [7, 11) is 0. The molecule has 132 valence electrons.